The van der Waals surface area contributed by atoms with Crippen LogP contribution in [0.4, 0.5) is 5.82 Å². The average molecular weight is 292 g/mol. The molecule has 0 aliphatic heterocycles. The molecule has 2 rings (SSSR count). The fourth-order valence-corrected chi connectivity index (χ4v) is 1.97. The van der Waals surface area contributed by atoms with Gasteiger partial charge < -0.3 is 5.32 Å². The predicted octanol–water partition coefficient (Wildman–Crippen LogP) is 3.65. The third kappa shape index (κ3) is 2.64. The smallest absolute Gasteiger partial charge is 0.152 e. The minimum absolute atomic E-state index is 0.825. The number of halogens is 1. The fourth-order valence-electron chi connectivity index (χ4n) is 1.59. The van der Waals surface area contributed by atoms with Gasteiger partial charge in [0.1, 0.15) is 5.69 Å². The van der Waals surface area contributed by atoms with E-state index in [1.54, 1.807) is 12.4 Å². The lowest BCUT2D eigenvalue weighted by Gasteiger charge is -2.09. The fraction of sp³-hybridized carbons (Fsp3) is 0.231. The van der Waals surface area contributed by atoms with Crippen LogP contribution in [-0.4, -0.2) is 16.5 Å². The summed E-state index contributed by atoms with van der Waals surface area (Å²) in [5.74, 6) is 0.825. The largest absolute Gasteiger partial charge is 0.369 e. The zero-order valence-electron chi connectivity index (χ0n) is 9.87. The Hall–Kier alpha value is -1.42. The van der Waals surface area contributed by atoms with Crippen molar-refractivity contribution >= 4 is 21.7 Å². The molecule has 17 heavy (non-hydrogen) atoms. The van der Waals surface area contributed by atoms with E-state index >= 15 is 0 Å². The number of benzene rings is 1. The Morgan fingerprint density at radius 2 is 2.00 bits per heavy atom. The van der Waals surface area contributed by atoms with Crippen LogP contribution in [0.5, 0.6) is 0 Å². The second kappa shape index (κ2) is 5.27. The van der Waals surface area contributed by atoms with E-state index in [-0.39, 0.29) is 0 Å². The number of hydrogen-bond donors (Lipinski definition) is 1. The molecule has 1 aromatic heterocycles. The summed E-state index contributed by atoms with van der Waals surface area (Å²) >= 11 is 3.54. The van der Waals surface area contributed by atoms with Crippen LogP contribution in [0.25, 0.3) is 11.3 Å². The van der Waals surface area contributed by atoms with Crippen LogP contribution in [0.2, 0.25) is 0 Å². The van der Waals surface area contributed by atoms with Crippen molar-refractivity contribution in [2.75, 3.05) is 11.9 Å². The van der Waals surface area contributed by atoms with Crippen LogP contribution in [0.1, 0.15) is 12.5 Å². The topological polar surface area (TPSA) is 37.8 Å². The third-order valence-corrected chi connectivity index (χ3v) is 3.34. The first-order valence-corrected chi connectivity index (χ1v) is 6.33. The number of aryl methyl sites for hydroxylation is 1. The van der Waals surface area contributed by atoms with Gasteiger partial charge in [0, 0.05) is 29.0 Å². The highest BCUT2D eigenvalue weighted by molar-refractivity contribution is 9.10. The standard InChI is InChI=1S/C13H14BrN3/c1-3-15-13-12(16-6-7-17-13)10-5-4-9(2)11(14)8-10/h4-8H,3H2,1-2H3,(H,15,17). The number of nitrogens with one attached hydrogen (secondary N) is 1. The lowest BCUT2D eigenvalue weighted by atomic mass is 10.1. The second-order valence-corrected chi connectivity index (χ2v) is 4.60. The molecule has 88 valence electrons. The summed E-state index contributed by atoms with van der Waals surface area (Å²) < 4.78 is 1.09. The Labute approximate surface area is 109 Å². The van der Waals surface area contributed by atoms with Gasteiger partial charge in [-0.25, -0.2) is 4.98 Å². The first-order valence-electron chi connectivity index (χ1n) is 5.53. The van der Waals surface area contributed by atoms with Crippen LogP contribution < -0.4 is 5.32 Å². The molecular formula is C13H14BrN3. The van der Waals surface area contributed by atoms with Gasteiger partial charge in [0.15, 0.2) is 5.82 Å². The van der Waals surface area contributed by atoms with Crippen molar-refractivity contribution in [2.24, 2.45) is 0 Å². The lowest BCUT2D eigenvalue weighted by molar-refractivity contribution is 1.12. The van der Waals surface area contributed by atoms with Crippen LogP contribution in [-0.2, 0) is 0 Å². The molecular weight excluding hydrogens is 278 g/mol. The molecule has 1 aromatic carbocycles. The van der Waals surface area contributed by atoms with Gasteiger partial charge in [0.05, 0.1) is 0 Å². The van der Waals surface area contributed by atoms with Gasteiger partial charge in [-0.3, -0.25) is 4.98 Å². The zero-order valence-corrected chi connectivity index (χ0v) is 11.5. The van der Waals surface area contributed by atoms with Crippen LogP contribution in [0, 0.1) is 6.92 Å². The van der Waals surface area contributed by atoms with Gasteiger partial charge in [0.25, 0.3) is 0 Å². The molecule has 0 spiro atoms. The molecule has 0 radical (unpaired) electrons. The average Bonchev–Trinajstić information content (AvgIpc) is 2.34. The number of hydrogen-bond acceptors (Lipinski definition) is 3. The van der Waals surface area contributed by atoms with Crippen LogP contribution in [0.3, 0.4) is 0 Å². The van der Waals surface area contributed by atoms with E-state index in [1.165, 1.54) is 5.56 Å². The molecule has 2 aromatic rings. The van der Waals surface area contributed by atoms with Gasteiger partial charge in [-0.1, -0.05) is 28.1 Å². The van der Waals surface area contributed by atoms with Crippen molar-refractivity contribution in [3.63, 3.8) is 0 Å². The minimum Gasteiger partial charge on any atom is -0.369 e. The molecule has 0 saturated carbocycles. The molecule has 0 aliphatic rings. The van der Waals surface area contributed by atoms with Gasteiger partial charge in [-0.05, 0) is 25.5 Å². The first-order chi connectivity index (χ1) is 8.22. The van der Waals surface area contributed by atoms with Crippen molar-refractivity contribution in [1.29, 1.82) is 0 Å². The molecule has 0 saturated heterocycles. The quantitative estimate of drug-likeness (QED) is 0.938. The molecule has 0 aliphatic carbocycles. The maximum atomic E-state index is 4.39. The van der Waals surface area contributed by atoms with Gasteiger partial charge >= 0.3 is 0 Å². The summed E-state index contributed by atoms with van der Waals surface area (Å²) in [6.45, 7) is 4.94. The summed E-state index contributed by atoms with van der Waals surface area (Å²) in [4.78, 5) is 8.70. The Morgan fingerprint density at radius 1 is 1.24 bits per heavy atom. The normalized spacial score (nSPS) is 10.3. The van der Waals surface area contributed by atoms with E-state index in [4.69, 9.17) is 0 Å². The van der Waals surface area contributed by atoms with E-state index in [1.807, 2.05) is 6.92 Å². The van der Waals surface area contributed by atoms with E-state index in [0.717, 1.165) is 28.1 Å². The SMILES string of the molecule is CCNc1nccnc1-c1ccc(C)c(Br)c1. The summed E-state index contributed by atoms with van der Waals surface area (Å²) in [5, 5.41) is 3.22. The van der Waals surface area contributed by atoms with Crippen molar-refractivity contribution in [1.82, 2.24) is 9.97 Å². The second-order valence-electron chi connectivity index (χ2n) is 3.75. The molecule has 0 unspecified atom stereocenters. The number of anilines is 1. The molecule has 1 N–H and O–H groups in total. The molecule has 4 heteroatoms. The molecule has 3 nitrogen and oxygen atoms in total. The lowest BCUT2D eigenvalue weighted by Crippen LogP contribution is -2.02. The first kappa shape index (κ1) is 12.0. The minimum atomic E-state index is 0.825. The van der Waals surface area contributed by atoms with E-state index < -0.39 is 0 Å². The Morgan fingerprint density at radius 3 is 2.71 bits per heavy atom. The maximum absolute atomic E-state index is 4.39. The molecule has 1 heterocycles. The van der Waals surface area contributed by atoms with Gasteiger partial charge in [0.2, 0.25) is 0 Å². The zero-order chi connectivity index (χ0) is 12.3. The van der Waals surface area contributed by atoms with Crippen molar-refractivity contribution in [3.8, 4) is 11.3 Å². The number of rotatable bonds is 3. The number of nitrogens with zero attached hydrogens (tertiary/aromatic N) is 2. The summed E-state index contributed by atoms with van der Waals surface area (Å²) in [7, 11) is 0. The highest BCUT2D eigenvalue weighted by Crippen LogP contribution is 2.27. The summed E-state index contributed by atoms with van der Waals surface area (Å²) in [6, 6.07) is 6.20. The summed E-state index contributed by atoms with van der Waals surface area (Å²) in [6.07, 6.45) is 3.41. The highest BCUT2D eigenvalue weighted by Gasteiger charge is 2.07. The van der Waals surface area contributed by atoms with E-state index in [0.29, 0.717) is 0 Å². The molecule has 0 amide bonds. The molecule has 0 atom stereocenters. The van der Waals surface area contributed by atoms with Gasteiger partial charge in [-0.15, -0.1) is 0 Å². The van der Waals surface area contributed by atoms with E-state index in [2.05, 4.69) is 56.3 Å². The monoisotopic (exact) mass is 291 g/mol. The van der Waals surface area contributed by atoms with Crippen molar-refractivity contribution in [2.45, 2.75) is 13.8 Å². The summed E-state index contributed by atoms with van der Waals surface area (Å²) in [5.41, 5.74) is 3.16. The van der Waals surface area contributed by atoms with Crippen LogP contribution >= 0.6 is 15.9 Å². The van der Waals surface area contributed by atoms with Crippen LogP contribution in [0.15, 0.2) is 35.1 Å². The highest BCUT2D eigenvalue weighted by atomic mass is 79.9. The Bertz CT molecular complexity index is 526. The Kier molecular flexibility index (Phi) is 3.74. The number of aromatic nitrogens is 2. The van der Waals surface area contributed by atoms with Crippen molar-refractivity contribution in [3.05, 3.63) is 40.6 Å². The maximum Gasteiger partial charge on any atom is 0.152 e. The molecule has 0 bridgehead atoms. The Balaban J connectivity index is 2.48. The van der Waals surface area contributed by atoms with Crippen molar-refractivity contribution < 1.29 is 0 Å². The van der Waals surface area contributed by atoms with E-state index in [9.17, 15) is 0 Å². The van der Waals surface area contributed by atoms with Gasteiger partial charge in [-0.2, -0.15) is 0 Å². The third-order valence-electron chi connectivity index (χ3n) is 2.49. The predicted molar refractivity (Wildman–Crippen MR) is 74.1 cm³/mol. The molecule has 0 fully saturated rings.